The van der Waals surface area contributed by atoms with E-state index in [4.69, 9.17) is 0 Å². The number of urea groups is 1. The average Bonchev–Trinajstić information content (AvgIpc) is 2.28. The standard InChI is InChI=1S/C5H7BN2O3/c6-1-2(9)3-4(10)8-5(11)7-3/h3H,1,6H2,(H2,7,8,10,11)/t3-/m0/s1. The number of Topliss-reactive ketones (excluding diaryl/α,β-unsaturated/α-hetero) is 1. The van der Waals surface area contributed by atoms with Crippen molar-refractivity contribution in [2.24, 2.45) is 0 Å². The first-order valence-corrected chi connectivity index (χ1v) is 3.29. The molecule has 0 bridgehead atoms. The highest BCUT2D eigenvalue weighted by Gasteiger charge is 2.33. The number of hydrogen-bond donors (Lipinski definition) is 2. The molecule has 1 atom stereocenters. The van der Waals surface area contributed by atoms with Crippen molar-refractivity contribution in [3.8, 4) is 0 Å². The van der Waals surface area contributed by atoms with Crippen LogP contribution in [0.4, 0.5) is 4.79 Å². The molecule has 11 heavy (non-hydrogen) atoms. The molecule has 1 rings (SSSR count). The third kappa shape index (κ3) is 1.39. The Morgan fingerprint density at radius 1 is 1.55 bits per heavy atom. The number of nitrogens with one attached hydrogen (secondary N) is 2. The SMILES string of the molecule is BCC(=O)[C@@H]1NC(=O)NC1=O. The maximum Gasteiger partial charge on any atom is 0.322 e. The zero-order chi connectivity index (χ0) is 8.43. The van der Waals surface area contributed by atoms with Crippen LogP contribution in [0.5, 0.6) is 0 Å². The summed E-state index contributed by atoms with van der Waals surface area (Å²) in [5.41, 5.74) is 0. The molecular formula is C5H7BN2O3. The Bertz CT molecular complexity index is 228. The zero-order valence-electron chi connectivity index (χ0n) is 6.01. The van der Waals surface area contributed by atoms with E-state index in [0.717, 1.165) is 0 Å². The van der Waals surface area contributed by atoms with E-state index in [1.165, 1.54) is 0 Å². The third-order valence-electron chi connectivity index (χ3n) is 1.44. The highest BCUT2D eigenvalue weighted by atomic mass is 16.2. The van der Waals surface area contributed by atoms with Gasteiger partial charge in [-0.1, -0.05) is 0 Å². The van der Waals surface area contributed by atoms with Crippen molar-refractivity contribution < 1.29 is 14.4 Å². The summed E-state index contributed by atoms with van der Waals surface area (Å²) < 4.78 is 0. The second-order valence-electron chi connectivity index (χ2n) is 2.22. The van der Waals surface area contributed by atoms with Gasteiger partial charge in [0.05, 0.1) is 0 Å². The Labute approximate surface area is 63.9 Å². The first kappa shape index (κ1) is 7.78. The largest absolute Gasteiger partial charge is 0.322 e. The highest BCUT2D eigenvalue weighted by molar-refractivity contribution is 6.27. The molecule has 58 valence electrons. The summed E-state index contributed by atoms with van der Waals surface area (Å²) in [6.07, 6.45) is 0.248. The first-order valence-electron chi connectivity index (χ1n) is 3.29. The molecule has 1 aliphatic heterocycles. The Balaban J connectivity index is 2.67. The van der Waals surface area contributed by atoms with E-state index in [2.05, 4.69) is 5.32 Å². The summed E-state index contributed by atoms with van der Waals surface area (Å²) in [6.45, 7) is 0. The minimum absolute atomic E-state index is 0.248. The van der Waals surface area contributed by atoms with Gasteiger partial charge in [-0.15, -0.1) is 0 Å². The van der Waals surface area contributed by atoms with Crippen LogP contribution in [0.15, 0.2) is 0 Å². The molecule has 5 nitrogen and oxygen atoms in total. The van der Waals surface area contributed by atoms with Gasteiger partial charge in [-0.2, -0.15) is 0 Å². The molecule has 1 saturated heterocycles. The molecule has 0 aromatic heterocycles. The van der Waals surface area contributed by atoms with Crippen molar-refractivity contribution in [1.82, 2.24) is 10.6 Å². The minimum Gasteiger partial charge on any atom is -0.319 e. The Kier molecular flexibility index (Phi) is 1.93. The third-order valence-corrected chi connectivity index (χ3v) is 1.44. The lowest BCUT2D eigenvalue weighted by molar-refractivity contribution is -0.127. The molecule has 0 aromatic carbocycles. The molecule has 0 aliphatic carbocycles. The highest BCUT2D eigenvalue weighted by Crippen LogP contribution is 1.96. The Morgan fingerprint density at radius 3 is 2.55 bits per heavy atom. The quantitative estimate of drug-likeness (QED) is 0.269. The van der Waals surface area contributed by atoms with Gasteiger partial charge < -0.3 is 5.32 Å². The van der Waals surface area contributed by atoms with Gasteiger partial charge >= 0.3 is 6.03 Å². The number of carbonyl (C=O) groups excluding carboxylic acids is 3. The van der Waals surface area contributed by atoms with Crippen LogP contribution in [0.1, 0.15) is 0 Å². The van der Waals surface area contributed by atoms with Gasteiger partial charge in [0.15, 0.2) is 11.8 Å². The van der Waals surface area contributed by atoms with E-state index in [-0.39, 0.29) is 12.1 Å². The van der Waals surface area contributed by atoms with Crippen molar-refractivity contribution in [3.63, 3.8) is 0 Å². The first-order chi connectivity index (χ1) is 5.15. The normalized spacial score (nSPS) is 22.7. The summed E-state index contributed by atoms with van der Waals surface area (Å²) >= 11 is 0. The van der Waals surface area contributed by atoms with Crippen LogP contribution in [0.25, 0.3) is 0 Å². The van der Waals surface area contributed by atoms with E-state index in [1.54, 1.807) is 7.85 Å². The molecule has 6 heteroatoms. The van der Waals surface area contributed by atoms with Gasteiger partial charge in [-0.25, -0.2) is 4.79 Å². The molecule has 0 radical (unpaired) electrons. The molecule has 0 spiro atoms. The molecule has 0 aromatic rings. The Hall–Kier alpha value is -1.33. The fraction of sp³-hybridized carbons (Fsp3) is 0.400. The number of carbonyl (C=O) groups is 3. The van der Waals surface area contributed by atoms with E-state index in [0.29, 0.717) is 0 Å². The monoisotopic (exact) mass is 154 g/mol. The van der Waals surface area contributed by atoms with Crippen molar-refractivity contribution in [3.05, 3.63) is 0 Å². The molecule has 1 heterocycles. The average molecular weight is 154 g/mol. The predicted octanol–water partition coefficient (Wildman–Crippen LogP) is -2.19. The Morgan fingerprint density at radius 2 is 2.18 bits per heavy atom. The van der Waals surface area contributed by atoms with E-state index < -0.39 is 18.0 Å². The van der Waals surface area contributed by atoms with Gasteiger partial charge in [0, 0.05) is 0 Å². The van der Waals surface area contributed by atoms with Crippen LogP contribution in [0.2, 0.25) is 6.32 Å². The fourth-order valence-electron chi connectivity index (χ4n) is 0.848. The van der Waals surface area contributed by atoms with Gasteiger partial charge in [0.1, 0.15) is 7.85 Å². The van der Waals surface area contributed by atoms with E-state index >= 15 is 0 Å². The number of amides is 3. The molecule has 0 saturated carbocycles. The van der Waals surface area contributed by atoms with Crippen molar-refractivity contribution >= 4 is 25.6 Å². The lowest BCUT2D eigenvalue weighted by Crippen LogP contribution is -2.36. The number of hydrogen-bond acceptors (Lipinski definition) is 3. The van der Waals surface area contributed by atoms with Gasteiger partial charge in [0.2, 0.25) is 0 Å². The molecule has 1 aliphatic rings. The second kappa shape index (κ2) is 2.73. The van der Waals surface area contributed by atoms with Crippen molar-refractivity contribution in [1.29, 1.82) is 0 Å². The summed E-state index contributed by atoms with van der Waals surface area (Å²) in [5.74, 6) is -0.824. The topological polar surface area (TPSA) is 75.3 Å². The summed E-state index contributed by atoms with van der Waals surface area (Å²) in [4.78, 5) is 32.2. The molecular weight excluding hydrogens is 147 g/mol. The van der Waals surface area contributed by atoms with Crippen LogP contribution in [0, 0.1) is 0 Å². The van der Waals surface area contributed by atoms with Crippen LogP contribution in [0.3, 0.4) is 0 Å². The van der Waals surface area contributed by atoms with Crippen LogP contribution in [-0.4, -0.2) is 31.6 Å². The second-order valence-corrected chi connectivity index (χ2v) is 2.22. The summed E-state index contributed by atoms with van der Waals surface area (Å²) in [6, 6.07) is -1.56. The minimum atomic E-state index is -0.965. The maximum absolute atomic E-state index is 10.9. The van der Waals surface area contributed by atoms with Crippen LogP contribution >= 0.6 is 0 Å². The zero-order valence-corrected chi connectivity index (χ0v) is 6.01. The number of imide groups is 1. The van der Waals surface area contributed by atoms with Crippen molar-refractivity contribution in [2.45, 2.75) is 12.4 Å². The lowest BCUT2D eigenvalue weighted by Gasteiger charge is -2.01. The summed E-state index contributed by atoms with van der Waals surface area (Å²) in [7, 11) is 1.64. The molecule has 0 unspecified atom stereocenters. The van der Waals surface area contributed by atoms with Gasteiger partial charge in [-0.05, 0) is 6.32 Å². The van der Waals surface area contributed by atoms with Crippen LogP contribution in [-0.2, 0) is 9.59 Å². The van der Waals surface area contributed by atoms with Gasteiger partial charge in [-0.3, -0.25) is 14.9 Å². The van der Waals surface area contributed by atoms with Crippen LogP contribution < -0.4 is 10.6 Å². The number of ketones is 1. The van der Waals surface area contributed by atoms with Crippen molar-refractivity contribution in [2.75, 3.05) is 0 Å². The fourth-order valence-corrected chi connectivity index (χ4v) is 0.848. The lowest BCUT2D eigenvalue weighted by atomic mass is 9.96. The summed E-state index contributed by atoms with van der Waals surface area (Å²) in [5, 5.41) is 4.18. The molecule has 2 N–H and O–H groups in total. The predicted molar refractivity (Wildman–Crippen MR) is 38.8 cm³/mol. The molecule has 1 fully saturated rings. The molecule has 3 amide bonds. The van der Waals surface area contributed by atoms with E-state index in [9.17, 15) is 14.4 Å². The van der Waals surface area contributed by atoms with E-state index in [1.807, 2.05) is 5.32 Å². The number of rotatable bonds is 2. The van der Waals surface area contributed by atoms with Gasteiger partial charge in [0.25, 0.3) is 5.91 Å². The smallest absolute Gasteiger partial charge is 0.319 e. The maximum atomic E-state index is 10.9.